The van der Waals surface area contributed by atoms with Crippen LogP contribution in [0.4, 0.5) is 5.82 Å². The summed E-state index contributed by atoms with van der Waals surface area (Å²) in [6.07, 6.45) is 2.08. The molecule has 0 N–H and O–H groups in total. The highest BCUT2D eigenvalue weighted by Gasteiger charge is 2.42. The van der Waals surface area contributed by atoms with Crippen LogP contribution in [0.3, 0.4) is 0 Å². The normalized spacial score (nSPS) is 24.3. The Bertz CT molecular complexity index is 1290. The molecule has 0 spiro atoms. The van der Waals surface area contributed by atoms with Crippen molar-refractivity contribution in [1.82, 2.24) is 14.4 Å². The predicted molar refractivity (Wildman–Crippen MR) is 138 cm³/mol. The number of carbonyl (C=O) groups excluding carboxylic acids is 1. The SMILES string of the molecule is CCN1CCN(c2c(/C=C3\SC(=S)N(C4CCS(=O)(=O)C4)C3=O)c(C)c(C#N)c(=O)n2C)CC1. The molecule has 34 heavy (non-hydrogen) atoms. The van der Waals surface area contributed by atoms with Gasteiger partial charge in [-0.05, 0) is 31.5 Å². The van der Waals surface area contributed by atoms with Gasteiger partial charge >= 0.3 is 0 Å². The molecule has 3 saturated heterocycles. The third kappa shape index (κ3) is 4.42. The first-order chi connectivity index (χ1) is 16.1. The van der Waals surface area contributed by atoms with Gasteiger partial charge < -0.3 is 9.80 Å². The van der Waals surface area contributed by atoms with E-state index in [0.29, 0.717) is 45.7 Å². The molecule has 182 valence electrons. The summed E-state index contributed by atoms with van der Waals surface area (Å²) in [6, 6.07) is 1.56. The van der Waals surface area contributed by atoms with Gasteiger partial charge in [-0.3, -0.25) is 19.1 Å². The van der Waals surface area contributed by atoms with E-state index in [1.165, 1.54) is 9.47 Å². The fourth-order valence-electron chi connectivity index (χ4n) is 4.77. The van der Waals surface area contributed by atoms with E-state index in [1.807, 2.05) is 6.07 Å². The van der Waals surface area contributed by atoms with E-state index in [2.05, 4.69) is 16.7 Å². The maximum absolute atomic E-state index is 13.3. The highest BCUT2D eigenvalue weighted by molar-refractivity contribution is 8.26. The number of amides is 1. The standard InChI is InChI=1S/C22H27N5O4S3/c1-4-25-6-8-26(9-7-25)19-16(14(2)17(12-23)20(28)24(19)3)11-18-21(29)27(22(32)33-18)15-5-10-34(30,31)13-15/h11,15H,4-10,13H2,1-3H3/b18-11-. The maximum atomic E-state index is 13.3. The molecule has 1 atom stereocenters. The summed E-state index contributed by atoms with van der Waals surface area (Å²) in [5, 5.41) is 9.64. The average Bonchev–Trinajstić information content (AvgIpc) is 3.29. The van der Waals surface area contributed by atoms with E-state index in [4.69, 9.17) is 12.2 Å². The summed E-state index contributed by atoms with van der Waals surface area (Å²) in [4.78, 5) is 32.5. The largest absolute Gasteiger partial charge is 0.355 e. The molecule has 3 aliphatic heterocycles. The van der Waals surface area contributed by atoms with E-state index in [0.717, 1.165) is 31.4 Å². The maximum Gasteiger partial charge on any atom is 0.270 e. The number of nitriles is 1. The number of thiocarbonyl (C=S) groups is 1. The van der Waals surface area contributed by atoms with Gasteiger partial charge in [0.15, 0.2) is 9.84 Å². The van der Waals surface area contributed by atoms with Gasteiger partial charge in [0.05, 0.1) is 22.5 Å². The van der Waals surface area contributed by atoms with Gasteiger partial charge in [-0.25, -0.2) is 8.42 Å². The third-order valence-corrected chi connectivity index (χ3v) is 9.84. The Kier molecular flexibility index (Phi) is 6.92. The molecule has 0 aromatic carbocycles. The average molecular weight is 522 g/mol. The van der Waals surface area contributed by atoms with Crippen molar-refractivity contribution >= 4 is 55.9 Å². The summed E-state index contributed by atoms with van der Waals surface area (Å²) in [5.74, 6) is 0.307. The quantitative estimate of drug-likeness (QED) is 0.425. The lowest BCUT2D eigenvalue weighted by atomic mass is 10.0. The monoisotopic (exact) mass is 521 g/mol. The first-order valence-electron chi connectivity index (χ1n) is 11.2. The first kappa shape index (κ1) is 24.9. The van der Waals surface area contributed by atoms with Crippen LogP contribution in [0.5, 0.6) is 0 Å². The van der Waals surface area contributed by atoms with Crippen molar-refractivity contribution in [3.05, 3.63) is 31.9 Å². The second kappa shape index (κ2) is 9.45. The van der Waals surface area contributed by atoms with Crippen LogP contribution in [0.1, 0.15) is 30.0 Å². The molecule has 4 rings (SSSR count). The van der Waals surface area contributed by atoms with E-state index in [1.54, 1.807) is 20.0 Å². The Balaban J connectivity index is 1.77. The molecule has 0 aliphatic carbocycles. The number of carbonyl (C=O) groups is 1. The molecule has 0 bridgehead atoms. The van der Waals surface area contributed by atoms with Gasteiger partial charge in [0.25, 0.3) is 11.5 Å². The van der Waals surface area contributed by atoms with Crippen molar-refractivity contribution in [3.63, 3.8) is 0 Å². The number of piperazine rings is 1. The zero-order valence-electron chi connectivity index (χ0n) is 19.4. The molecular weight excluding hydrogens is 494 g/mol. The summed E-state index contributed by atoms with van der Waals surface area (Å²) in [5.41, 5.74) is 0.839. The Labute approximate surface area is 208 Å². The summed E-state index contributed by atoms with van der Waals surface area (Å²) < 4.78 is 25.7. The molecule has 1 unspecified atom stereocenters. The van der Waals surface area contributed by atoms with Crippen LogP contribution in [0.25, 0.3) is 6.08 Å². The zero-order valence-corrected chi connectivity index (χ0v) is 21.9. The Morgan fingerprint density at radius 3 is 2.47 bits per heavy atom. The van der Waals surface area contributed by atoms with Gasteiger partial charge in [0, 0.05) is 38.8 Å². The number of hydrogen-bond donors (Lipinski definition) is 0. The number of likely N-dealkylation sites (N-methyl/N-ethyl adjacent to an activating group) is 1. The van der Waals surface area contributed by atoms with Crippen molar-refractivity contribution in [2.75, 3.05) is 49.1 Å². The minimum absolute atomic E-state index is 0.0436. The minimum Gasteiger partial charge on any atom is -0.355 e. The number of sulfone groups is 1. The van der Waals surface area contributed by atoms with E-state index in [-0.39, 0.29) is 28.5 Å². The van der Waals surface area contributed by atoms with Crippen molar-refractivity contribution in [3.8, 4) is 6.07 Å². The minimum atomic E-state index is -3.18. The number of aromatic nitrogens is 1. The van der Waals surface area contributed by atoms with Crippen molar-refractivity contribution in [2.24, 2.45) is 7.05 Å². The molecule has 12 heteroatoms. The number of hydrogen-bond acceptors (Lipinski definition) is 9. The van der Waals surface area contributed by atoms with Gasteiger partial charge in [-0.1, -0.05) is 30.9 Å². The Hall–Kier alpha value is -2.20. The fourth-order valence-corrected chi connectivity index (χ4v) is 7.86. The molecule has 1 amide bonds. The Morgan fingerprint density at radius 1 is 1.24 bits per heavy atom. The highest BCUT2D eigenvalue weighted by Crippen LogP contribution is 2.38. The smallest absolute Gasteiger partial charge is 0.270 e. The second-order valence-electron chi connectivity index (χ2n) is 8.74. The molecular formula is C22H27N5O4S3. The highest BCUT2D eigenvalue weighted by atomic mass is 32.2. The van der Waals surface area contributed by atoms with Crippen molar-refractivity contribution in [1.29, 1.82) is 5.26 Å². The third-order valence-electron chi connectivity index (χ3n) is 6.76. The molecule has 9 nitrogen and oxygen atoms in total. The lowest BCUT2D eigenvalue weighted by Gasteiger charge is -2.37. The van der Waals surface area contributed by atoms with Crippen molar-refractivity contribution in [2.45, 2.75) is 26.3 Å². The van der Waals surface area contributed by atoms with Crippen LogP contribution in [0.2, 0.25) is 0 Å². The van der Waals surface area contributed by atoms with Crippen LogP contribution in [-0.2, 0) is 21.7 Å². The summed E-state index contributed by atoms with van der Waals surface area (Å²) in [7, 11) is -1.53. The zero-order chi connectivity index (χ0) is 24.8. The van der Waals surface area contributed by atoms with Crippen LogP contribution in [-0.4, -0.2) is 83.3 Å². The van der Waals surface area contributed by atoms with Crippen molar-refractivity contribution < 1.29 is 13.2 Å². The lowest BCUT2D eigenvalue weighted by molar-refractivity contribution is -0.123. The molecule has 3 fully saturated rings. The number of rotatable bonds is 4. The van der Waals surface area contributed by atoms with Crippen LogP contribution < -0.4 is 10.5 Å². The van der Waals surface area contributed by atoms with Gasteiger partial charge in [0.2, 0.25) is 0 Å². The fraction of sp³-hybridized carbons (Fsp3) is 0.545. The number of thioether (sulfide) groups is 1. The molecule has 3 aliphatic rings. The van der Waals surface area contributed by atoms with E-state index < -0.39 is 15.9 Å². The van der Waals surface area contributed by atoms with Gasteiger partial charge in [0.1, 0.15) is 21.8 Å². The second-order valence-corrected chi connectivity index (χ2v) is 12.6. The molecule has 1 aromatic heterocycles. The number of nitrogens with zero attached hydrogens (tertiary/aromatic N) is 5. The van der Waals surface area contributed by atoms with Crippen LogP contribution in [0, 0.1) is 18.3 Å². The summed E-state index contributed by atoms with van der Waals surface area (Å²) in [6.45, 7) is 7.92. The Morgan fingerprint density at radius 2 is 1.91 bits per heavy atom. The molecule has 1 aromatic rings. The van der Waals surface area contributed by atoms with E-state index >= 15 is 0 Å². The van der Waals surface area contributed by atoms with Crippen LogP contribution in [0.15, 0.2) is 9.70 Å². The first-order valence-corrected chi connectivity index (χ1v) is 14.2. The molecule has 0 radical (unpaired) electrons. The number of pyridine rings is 1. The molecule has 0 saturated carbocycles. The van der Waals surface area contributed by atoms with Gasteiger partial charge in [-0.15, -0.1) is 0 Å². The van der Waals surface area contributed by atoms with E-state index in [9.17, 15) is 23.3 Å². The molecule has 4 heterocycles. The van der Waals surface area contributed by atoms with Crippen LogP contribution >= 0.6 is 24.0 Å². The number of anilines is 1. The topological polar surface area (TPSA) is 107 Å². The summed E-state index contributed by atoms with van der Waals surface area (Å²) >= 11 is 6.58. The van der Waals surface area contributed by atoms with Gasteiger partial charge in [-0.2, -0.15) is 5.26 Å². The lowest BCUT2D eigenvalue weighted by Crippen LogP contribution is -2.48. The predicted octanol–water partition coefficient (Wildman–Crippen LogP) is 1.10.